The summed E-state index contributed by atoms with van der Waals surface area (Å²) in [5.41, 5.74) is 5.74. The van der Waals surface area contributed by atoms with E-state index in [0.29, 0.717) is 0 Å². The fourth-order valence-corrected chi connectivity index (χ4v) is 3.19. The van der Waals surface area contributed by atoms with Crippen molar-refractivity contribution in [3.05, 3.63) is 72.1 Å². The van der Waals surface area contributed by atoms with Crippen LogP contribution in [-0.2, 0) is 0 Å². The van der Waals surface area contributed by atoms with Crippen LogP contribution < -0.4 is 0 Å². The summed E-state index contributed by atoms with van der Waals surface area (Å²) in [5.74, 6) is 0. The molecule has 0 radical (unpaired) electrons. The van der Waals surface area contributed by atoms with Gasteiger partial charge in [0, 0.05) is 16.3 Å². The SMILES string of the molecule is Cc1cccc(C)c1-c1ncnc2c1ccc1ccccc12. The van der Waals surface area contributed by atoms with Gasteiger partial charge in [0.05, 0.1) is 11.2 Å². The second-order valence-electron chi connectivity index (χ2n) is 5.67. The van der Waals surface area contributed by atoms with Crippen LogP contribution in [0.1, 0.15) is 11.1 Å². The fourth-order valence-electron chi connectivity index (χ4n) is 3.19. The topological polar surface area (TPSA) is 25.8 Å². The average Bonchev–Trinajstić information content (AvgIpc) is 2.54. The van der Waals surface area contributed by atoms with Crippen molar-refractivity contribution >= 4 is 21.7 Å². The summed E-state index contributed by atoms with van der Waals surface area (Å²) >= 11 is 0. The Morgan fingerprint density at radius 3 is 2.27 bits per heavy atom. The average molecular weight is 284 g/mol. The molecule has 106 valence electrons. The monoisotopic (exact) mass is 284 g/mol. The predicted octanol–water partition coefficient (Wildman–Crippen LogP) is 5.07. The lowest BCUT2D eigenvalue weighted by molar-refractivity contribution is 1.21. The summed E-state index contributed by atoms with van der Waals surface area (Å²) in [6, 6.07) is 19.0. The zero-order valence-electron chi connectivity index (χ0n) is 12.7. The molecule has 0 spiro atoms. The molecule has 1 heterocycles. The van der Waals surface area contributed by atoms with Crippen molar-refractivity contribution in [3.8, 4) is 11.3 Å². The molecular formula is C20H16N2. The van der Waals surface area contributed by atoms with Crippen molar-refractivity contribution in [1.82, 2.24) is 9.97 Å². The summed E-state index contributed by atoms with van der Waals surface area (Å²) in [7, 11) is 0. The minimum Gasteiger partial charge on any atom is -0.236 e. The maximum Gasteiger partial charge on any atom is 0.116 e. The summed E-state index contributed by atoms with van der Waals surface area (Å²) < 4.78 is 0. The molecule has 0 fully saturated rings. The Morgan fingerprint density at radius 1 is 0.682 bits per heavy atom. The highest BCUT2D eigenvalue weighted by Gasteiger charge is 2.12. The molecule has 0 bridgehead atoms. The van der Waals surface area contributed by atoms with Crippen LogP contribution in [0, 0.1) is 13.8 Å². The van der Waals surface area contributed by atoms with E-state index in [0.717, 1.165) is 16.6 Å². The van der Waals surface area contributed by atoms with Gasteiger partial charge in [0.25, 0.3) is 0 Å². The Hall–Kier alpha value is -2.74. The van der Waals surface area contributed by atoms with Crippen LogP contribution in [0.4, 0.5) is 0 Å². The second kappa shape index (κ2) is 4.92. The van der Waals surface area contributed by atoms with E-state index in [1.54, 1.807) is 6.33 Å². The van der Waals surface area contributed by atoms with E-state index in [1.807, 2.05) is 0 Å². The van der Waals surface area contributed by atoms with Crippen LogP contribution in [0.25, 0.3) is 32.9 Å². The normalized spacial score (nSPS) is 11.2. The largest absolute Gasteiger partial charge is 0.236 e. The van der Waals surface area contributed by atoms with Gasteiger partial charge in [-0.15, -0.1) is 0 Å². The smallest absolute Gasteiger partial charge is 0.116 e. The first kappa shape index (κ1) is 13.0. The van der Waals surface area contributed by atoms with Crippen LogP contribution in [0.15, 0.2) is 60.9 Å². The van der Waals surface area contributed by atoms with Crippen LogP contribution >= 0.6 is 0 Å². The van der Waals surface area contributed by atoms with Crippen LogP contribution in [-0.4, -0.2) is 9.97 Å². The molecular weight excluding hydrogens is 268 g/mol. The molecule has 0 N–H and O–H groups in total. The molecule has 4 aromatic rings. The molecule has 22 heavy (non-hydrogen) atoms. The Balaban J connectivity index is 2.14. The van der Waals surface area contributed by atoms with Gasteiger partial charge in [0.2, 0.25) is 0 Å². The molecule has 1 aromatic heterocycles. The van der Waals surface area contributed by atoms with Gasteiger partial charge < -0.3 is 0 Å². The summed E-state index contributed by atoms with van der Waals surface area (Å²) in [5, 5.41) is 3.50. The van der Waals surface area contributed by atoms with E-state index in [-0.39, 0.29) is 0 Å². The van der Waals surface area contributed by atoms with Gasteiger partial charge in [-0.3, -0.25) is 0 Å². The minimum absolute atomic E-state index is 1.02. The van der Waals surface area contributed by atoms with Gasteiger partial charge in [0.15, 0.2) is 0 Å². The Labute approximate surface area is 129 Å². The second-order valence-corrected chi connectivity index (χ2v) is 5.67. The highest BCUT2D eigenvalue weighted by atomic mass is 14.8. The number of benzene rings is 3. The van der Waals surface area contributed by atoms with E-state index in [2.05, 4.69) is 78.4 Å². The summed E-state index contributed by atoms with van der Waals surface area (Å²) in [4.78, 5) is 9.14. The fraction of sp³-hybridized carbons (Fsp3) is 0.100. The molecule has 3 aromatic carbocycles. The predicted molar refractivity (Wildman–Crippen MR) is 92.0 cm³/mol. The molecule has 0 saturated heterocycles. The van der Waals surface area contributed by atoms with Gasteiger partial charge >= 0.3 is 0 Å². The lowest BCUT2D eigenvalue weighted by Gasteiger charge is -2.12. The molecule has 4 rings (SSSR count). The van der Waals surface area contributed by atoms with Crippen LogP contribution in [0.3, 0.4) is 0 Å². The first-order valence-electron chi connectivity index (χ1n) is 7.45. The molecule has 0 aliphatic rings. The third kappa shape index (κ3) is 1.88. The summed E-state index contributed by atoms with van der Waals surface area (Å²) in [6.45, 7) is 4.27. The molecule has 0 saturated carbocycles. The van der Waals surface area contributed by atoms with E-state index >= 15 is 0 Å². The molecule has 0 atom stereocenters. The van der Waals surface area contributed by atoms with E-state index in [1.165, 1.54) is 27.5 Å². The third-order valence-corrected chi connectivity index (χ3v) is 4.25. The minimum atomic E-state index is 1.02. The molecule has 2 heteroatoms. The highest BCUT2D eigenvalue weighted by Crippen LogP contribution is 2.33. The number of hydrogen-bond donors (Lipinski definition) is 0. The number of nitrogens with zero attached hydrogens (tertiary/aromatic N) is 2. The van der Waals surface area contributed by atoms with E-state index in [9.17, 15) is 0 Å². The lowest BCUT2D eigenvalue weighted by atomic mass is 9.96. The number of aromatic nitrogens is 2. The molecule has 2 nitrogen and oxygen atoms in total. The first-order valence-corrected chi connectivity index (χ1v) is 7.45. The summed E-state index contributed by atoms with van der Waals surface area (Å²) in [6.07, 6.45) is 1.68. The van der Waals surface area contributed by atoms with E-state index in [4.69, 9.17) is 0 Å². The van der Waals surface area contributed by atoms with Crippen LogP contribution in [0.5, 0.6) is 0 Å². The number of rotatable bonds is 1. The van der Waals surface area contributed by atoms with E-state index < -0.39 is 0 Å². The maximum atomic E-state index is 4.59. The standard InChI is InChI=1S/C20H16N2/c1-13-6-5-7-14(2)18(13)20-17-11-10-15-8-3-4-9-16(15)19(17)21-12-22-20/h3-12H,1-2H3. The molecule has 0 aliphatic carbocycles. The van der Waals surface area contributed by atoms with Gasteiger partial charge in [-0.25, -0.2) is 9.97 Å². The molecule has 0 aliphatic heterocycles. The Bertz CT molecular complexity index is 983. The van der Waals surface area contributed by atoms with Crippen molar-refractivity contribution in [1.29, 1.82) is 0 Å². The quantitative estimate of drug-likeness (QED) is 0.456. The Morgan fingerprint density at radius 2 is 1.45 bits per heavy atom. The first-order chi connectivity index (χ1) is 10.8. The third-order valence-electron chi connectivity index (χ3n) is 4.25. The zero-order chi connectivity index (χ0) is 15.1. The maximum absolute atomic E-state index is 4.59. The number of aryl methyl sites for hydroxylation is 2. The zero-order valence-corrected chi connectivity index (χ0v) is 12.7. The highest BCUT2D eigenvalue weighted by molar-refractivity contribution is 6.09. The van der Waals surface area contributed by atoms with Gasteiger partial charge in [-0.1, -0.05) is 48.5 Å². The lowest BCUT2D eigenvalue weighted by Crippen LogP contribution is -1.94. The van der Waals surface area contributed by atoms with Crippen molar-refractivity contribution < 1.29 is 0 Å². The number of hydrogen-bond acceptors (Lipinski definition) is 2. The Kier molecular flexibility index (Phi) is 2.90. The van der Waals surface area contributed by atoms with Gasteiger partial charge in [0.1, 0.15) is 6.33 Å². The molecule has 0 unspecified atom stereocenters. The van der Waals surface area contributed by atoms with Crippen LogP contribution in [0.2, 0.25) is 0 Å². The molecule has 0 amide bonds. The van der Waals surface area contributed by atoms with Gasteiger partial charge in [-0.2, -0.15) is 0 Å². The van der Waals surface area contributed by atoms with Crippen molar-refractivity contribution in [2.24, 2.45) is 0 Å². The number of fused-ring (bicyclic) bond motifs is 3. The van der Waals surface area contributed by atoms with Gasteiger partial charge in [-0.05, 0) is 36.4 Å². The van der Waals surface area contributed by atoms with Crippen molar-refractivity contribution in [3.63, 3.8) is 0 Å². The van der Waals surface area contributed by atoms with Crippen molar-refractivity contribution in [2.75, 3.05) is 0 Å². The van der Waals surface area contributed by atoms with Crippen molar-refractivity contribution in [2.45, 2.75) is 13.8 Å².